The first-order valence-corrected chi connectivity index (χ1v) is 8.10. The third kappa shape index (κ3) is 3.11. The summed E-state index contributed by atoms with van der Waals surface area (Å²) in [6, 6.07) is 7.33. The summed E-state index contributed by atoms with van der Waals surface area (Å²) in [5.74, 6) is 0. The summed E-state index contributed by atoms with van der Waals surface area (Å²) in [6.45, 7) is 5.51. The van der Waals surface area contributed by atoms with Crippen LogP contribution in [-0.4, -0.2) is 37.1 Å². The van der Waals surface area contributed by atoms with E-state index in [4.69, 9.17) is 11.6 Å². The van der Waals surface area contributed by atoms with E-state index in [0.717, 1.165) is 5.56 Å². The molecule has 6 heteroatoms. The maximum atomic E-state index is 12.6. The minimum atomic E-state index is -3.32. The molecule has 0 radical (unpaired) electrons. The molecule has 1 heterocycles. The zero-order valence-corrected chi connectivity index (χ0v) is 12.8. The maximum Gasteiger partial charge on any atom is 0.220 e. The molecule has 0 aromatic heterocycles. The Balaban J connectivity index is 2.28. The summed E-state index contributed by atoms with van der Waals surface area (Å²) in [5, 5.41) is 3.80. The highest BCUT2D eigenvalue weighted by molar-refractivity contribution is 7.90. The number of rotatable bonds is 2. The molecule has 1 fully saturated rings. The van der Waals surface area contributed by atoms with Crippen molar-refractivity contribution in [3.63, 3.8) is 0 Å². The van der Waals surface area contributed by atoms with Gasteiger partial charge in [0, 0.05) is 31.2 Å². The van der Waals surface area contributed by atoms with E-state index < -0.39 is 14.8 Å². The lowest BCUT2D eigenvalue weighted by Crippen LogP contribution is -2.45. The van der Waals surface area contributed by atoms with Gasteiger partial charge in [-0.25, -0.2) is 8.42 Å². The molecule has 0 saturated carbocycles. The van der Waals surface area contributed by atoms with Gasteiger partial charge < -0.3 is 5.32 Å². The maximum absolute atomic E-state index is 12.6. The molecule has 0 bridgehead atoms. The second kappa shape index (κ2) is 5.40. The van der Waals surface area contributed by atoms with Crippen LogP contribution < -0.4 is 5.32 Å². The average molecular weight is 303 g/mol. The van der Waals surface area contributed by atoms with Crippen LogP contribution in [0.1, 0.15) is 19.4 Å². The van der Waals surface area contributed by atoms with Crippen molar-refractivity contribution >= 4 is 21.6 Å². The van der Waals surface area contributed by atoms with Gasteiger partial charge in [0.2, 0.25) is 10.0 Å². The van der Waals surface area contributed by atoms with Gasteiger partial charge in [-0.3, -0.25) is 0 Å². The predicted octanol–water partition coefficient (Wildman–Crippen LogP) is 1.85. The van der Waals surface area contributed by atoms with E-state index in [9.17, 15) is 8.42 Å². The van der Waals surface area contributed by atoms with Crippen molar-refractivity contribution in [1.29, 1.82) is 0 Å². The topological polar surface area (TPSA) is 49.4 Å². The average Bonchev–Trinajstić information content (AvgIpc) is 2.40. The minimum Gasteiger partial charge on any atom is -0.314 e. The molecule has 0 amide bonds. The van der Waals surface area contributed by atoms with E-state index in [2.05, 4.69) is 5.32 Å². The van der Waals surface area contributed by atoms with Crippen LogP contribution in [0, 0.1) is 0 Å². The first kappa shape index (κ1) is 14.8. The van der Waals surface area contributed by atoms with Gasteiger partial charge in [-0.15, -0.1) is 0 Å². The van der Waals surface area contributed by atoms with E-state index in [0.29, 0.717) is 31.2 Å². The smallest absolute Gasteiger partial charge is 0.220 e. The lowest BCUT2D eigenvalue weighted by molar-refractivity contribution is 0.407. The van der Waals surface area contributed by atoms with Crippen molar-refractivity contribution in [2.75, 3.05) is 19.6 Å². The van der Waals surface area contributed by atoms with Crippen LogP contribution in [0.4, 0.5) is 0 Å². The van der Waals surface area contributed by atoms with Gasteiger partial charge in [0.1, 0.15) is 0 Å². The fourth-order valence-corrected chi connectivity index (χ4v) is 4.00. The van der Waals surface area contributed by atoms with Crippen molar-refractivity contribution in [1.82, 2.24) is 9.62 Å². The highest BCUT2D eigenvalue weighted by Gasteiger charge is 2.40. The molecule has 0 unspecified atom stereocenters. The molecule has 106 valence electrons. The standard InChI is InChI=1S/C13H19ClN2O2S/c1-13(2)10-15-6-7-16(19(13,17)18)9-11-4-3-5-12(14)8-11/h3-5,8,15H,6-7,9-10H2,1-2H3. The Kier molecular flexibility index (Phi) is 4.20. The van der Waals surface area contributed by atoms with Crippen molar-refractivity contribution in [2.24, 2.45) is 0 Å². The molecule has 19 heavy (non-hydrogen) atoms. The summed E-state index contributed by atoms with van der Waals surface area (Å²) in [7, 11) is -3.32. The molecule has 1 aliphatic heterocycles. The largest absolute Gasteiger partial charge is 0.314 e. The molecule has 1 aromatic carbocycles. The molecular formula is C13H19ClN2O2S. The first-order valence-electron chi connectivity index (χ1n) is 6.28. The SMILES string of the molecule is CC1(C)CNCCN(Cc2cccc(Cl)c2)S1(=O)=O. The van der Waals surface area contributed by atoms with Crippen LogP contribution in [0.2, 0.25) is 5.02 Å². The van der Waals surface area contributed by atoms with Gasteiger partial charge in [0.25, 0.3) is 0 Å². The zero-order chi connectivity index (χ0) is 14.1. The van der Waals surface area contributed by atoms with Crippen molar-refractivity contribution in [3.8, 4) is 0 Å². The van der Waals surface area contributed by atoms with Gasteiger partial charge in [-0.1, -0.05) is 23.7 Å². The molecule has 2 rings (SSSR count). The molecule has 1 aliphatic rings. The van der Waals surface area contributed by atoms with E-state index in [1.807, 2.05) is 18.2 Å². The van der Waals surface area contributed by atoms with Gasteiger partial charge in [0.15, 0.2) is 0 Å². The second-order valence-electron chi connectivity index (χ2n) is 5.40. The number of sulfonamides is 1. The summed E-state index contributed by atoms with van der Waals surface area (Å²) < 4.78 is 25.9. The van der Waals surface area contributed by atoms with Crippen molar-refractivity contribution in [2.45, 2.75) is 25.1 Å². The summed E-state index contributed by atoms with van der Waals surface area (Å²) >= 11 is 5.94. The molecule has 4 nitrogen and oxygen atoms in total. The number of hydrogen-bond donors (Lipinski definition) is 1. The number of benzene rings is 1. The van der Waals surface area contributed by atoms with Gasteiger partial charge >= 0.3 is 0 Å². The Morgan fingerprint density at radius 3 is 2.84 bits per heavy atom. The second-order valence-corrected chi connectivity index (χ2v) is 8.41. The zero-order valence-electron chi connectivity index (χ0n) is 11.2. The molecule has 0 aliphatic carbocycles. The fraction of sp³-hybridized carbons (Fsp3) is 0.538. The van der Waals surface area contributed by atoms with E-state index in [-0.39, 0.29) is 0 Å². The van der Waals surface area contributed by atoms with E-state index in [1.165, 1.54) is 0 Å². The lowest BCUT2D eigenvalue weighted by Gasteiger charge is -2.29. The lowest BCUT2D eigenvalue weighted by atomic mass is 10.2. The van der Waals surface area contributed by atoms with Gasteiger partial charge in [0.05, 0.1) is 4.75 Å². The van der Waals surface area contributed by atoms with Crippen LogP contribution in [0.15, 0.2) is 24.3 Å². The third-order valence-corrected chi connectivity index (χ3v) is 6.14. The van der Waals surface area contributed by atoms with Crippen LogP contribution >= 0.6 is 11.6 Å². The Bertz CT molecular complexity index is 558. The summed E-state index contributed by atoms with van der Waals surface area (Å²) in [5.41, 5.74) is 0.911. The third-order valence-electron chi connectivity index (χ3n) is 3.37. The number of nitrogens with zero attached hydrogens (tertiary/aromatic N) is 1. The Morgan fingerprint density at radius 2 is 2.16 bits per heavy atom. The Morgan fingerprint density at radius 1 is 1.42 bits per heavy atom. The van der Waals surface area contributed by atoms with E-state index >= 15 is 0 Å². The molecule has 1 saturated heterocycles. The molecule has 0 spiro atoms. The number of nitrogens with one attached hydrogen (secondary N) is 1. The first-order chi connectivity index (χ1) is 8.83. The minimum absolute atomic E-state index is 0.369. The van der Waals surface area contributed by atoms with Crippen LogP contribution in [0.25, 0.3) is 0 Å². The van der Waals surface area contributed by atoms with Crippen LogP contribution in [-0.2, 0) is 16.6 Å². The Hall–Kier alpha value is -0.620. The molecule has 0 atom stereocenters. The Labute approximate surface area is 119 Å². The van der Waals surface area contributed by atoms with Crippen LogP contribution in [0.3, 0.4) is 0 Å². The monoisotopic (exact) mass is 302 g/mol. The summed E-state index contributed by atoms with van der Waals surface area (Å²) in [4.78, 5) is 0. The highest BCUT2D eigenvalue weighted by Crippen LogP contribution is 2.24. The molecule has 1 N–H and O–H groups in total. The number of hydrogen-bond acceptors (Lipinski definition) is 3. The molecule has 1 aromatic rings. The van der Waals surface area contributed by atoms with Crippen molar-refractivity contribution < 1.29 is 8.42 Å². The highest BCUT2D eigenvalue weighted by atomic mass is 35.5. The summed E-state index contributed by atoms with van der Waals surface area (Å²) in [6.07, 6.45) is 0. The fourth-order valence-electron chi connectivity index (χ4n) is 2.16. The normalized spacial score (nSPS) is 22.9. The predicted molar refractivity (Wildman–Crippen MR) is 77.7 cm³/mol. The number of halogens is 1. The van der Waals surface area contributed by atoms with Gasteiger partial charge in [-0.2, -0.15) is 4.31 Å². The quantitative estimate of drug-likeness (QED) is 0.907. The molecular weight excluding hydrogens is 284 g/mol. The van der Waals surface area contributed by atoms with Gasteiger partial charge in [-0.05, 0) is 31.5 Å². The van der Waals surface area contributed by atoms with E-state index in [1.54, 1.807) is 24.2 Å². The van der Waals surface area contributed by atoms with Crippen LogP contribution in [0.5, 0.6) is 0 Å². The van der Waals surface area contributed by atoms with Crippen molar-refractivity contribution in [3.05, 3.63) is 34.9 Å².